The van der Waals surface area contributed by atoms with E-state index in [2.05, 4.69) is 29.0 Å². The van der Waals surface area contributed by atoms with Gasteiger partial charge in [-0.1, -0.05) is 18.2 Å². The van der Waals surface area contributed by atoms with Crippen molar-refractivity contribution in [3.05, 3.63) is 59.4 Å². The van der Waals surface area contributed by atoms with E-state index in [9.17, 15) is 4.79 Å². The molecule has 3 aromatic rings. The summed E-state index contributed by atoms with van der Waals surface area (Å²) < 4.78 is 0. The average Bonchev–Trinajstić information content (AvgIpc) is 3.16. The topological polar surface area (TPSA) is 58.1 Å². The van der Waals surface area contributed by atoms with Gasteiger partial charge in [-0.2, -0.15) is 0 Å². The van der Waals surface area contributed by atoms with Crippen LogP contribution in [0.4, 0.5) is 11.5 Å². The number of carbonyl (C=O) groups excluding carboxylic acids is 1. The zero-order valence-corrected chi connectivity index (χ0v) is 15.8. The number of rotatable bonds is 5. The van der Waals surface area contributed by atoms with Gasteiger partial charge in [0.15, 0.2) is 0 Å². The number of aromatic nitrogens is 2. The molecule has 1 aliphatic carbocycles. The fourth-order valence-electron chi connectivity index (χ4n) is 3.86. The summed E-state index contributed by atoms with van der Waals surface area (Å²) >= 11 is 0. The van der Waals surface area contributed by atoms with Crippen molar-refractivity contribution in [3.63, 3.8) is 0 Å². The van der Waals surface area contributed by atoms with Crippen molar-refractivity contribution in [2.45, 2.75) is 33.1 Å². The summed E-state index contributed by atoms with van der Waals surface area (Å²) in [5, 5.41) is 3.95. The van der Waals surface area contributed by atoms with Crippen molar-refractivity contribution >= 4 is 28.3 Å². The molecule has 1 N–H and O–H groups in total. The van der Waals surface area contributed by atoms with Gasteiger partial charge in [0, 0.05) is 24.2 Å². The second kappa shape index (κ2) is 7.35. The van der Waals surface area contributed by atoms with Crippen molar-refractivity contribution < 1.29 is 4.79 Å². The number of benzene rings is 1. The lowest BCUT2D eigenvalue weighted by molar-refractivity contribution is 0.102. The highest BCUT2D eigenvalue weighted by Gasteiger charge is 2.23. The fourth-order valence-corrected chi connectivity index (χ4v) is 3.86. The van der Waals surface area contributed by atoms with E-state index in [1.807, 2.05) is 36.4 Å². The van der Waals surface area contributed by atoms with Crippen LogP contribution in [-0.2, 0) is 12.8 Å². The normalized spacial score (nSPS) is 12.8. The quantitative estimate of drug-likeness (QED) is 0.740. The third kappa shape index (κ3) is 3.25. The van der Waals surface area contributed by atoms with Crippen LogP contribution in [0.5, 0.6) is 0 Å². The molecule has 5 nitrogen and oxygen atoms in total. The van der Waals surface area contributed by atoms with Gasteiger partial charge in [0.1, 0.15) is 5.82 Å². The van der Waals surface area contributed by atoms with E-state index in [-0.39, 0.29) is 5.91 Å². The van der Waals surface area contributed by atoms with Crippen molar-refractivity contribution in [1.29, 1.82) is 0 Å². The van der Waals surface area contributed by atoms with E-state index in [0.29, 0.717) is 5.69 Å². The summed E-state index contributed by atoms with van der Waals surface area (Å²) in [7, 11) is 0. The number of hydrogen-bond donors (Lipinski definition) is 1. The highest BCUT2D eigenvalue weighted by Crippen LogP contribution is 2.30. The van der Waals surface area contributed by atoms with Crippen LogP contribution in [0.15, 0.2) is 42.6 Å². The van der Waals surface area contributed by atoms with Gasteiger partial charge >= 0.3 is 0 Å². The minimum atomic E-state index is -0.0795. The van der Waals surface area contributed by atoms with Crippen LogP contribution < -0.4 is 10.2 Å². The molecular formula is C22H24N4O. The number of fused-ring (bicyclic) bond motifs is 2. The number of anilines is 2. The predicted molar refractivity (Wildman–Crippen MR) is 110 cm³/mol. The van der Waals surface area contributed by atoms with Crippen molar-refractivity contribution in [3.8, 4) is 0 Å². The maximum Gasteiger partial charge on any atom is 0.256 e. The minimum absolute atomic E-state index is 0.0795. The number of carbonyl (C=O) groups is 1. The summed E-state index contributed by atoms with van der Waals surface area (Å²) in [6.07, 6.45) is 4.64. The van der Waals surface area contributed by atoms with Crippen molar-refractivity contribution in [2.24, 2.45) is 0 Å². The lowest BCUT2D eigenvalue weighted by Gasteiger charge is -2.19. The molecule has 0 atom stereocenters. The SMILES string of the molecule is CCN(CC)c1ccc(NC(=O)c2c3c(nc4ccccc24)CCC3)cn1. The Morgan fingerprint density at radius 1 is 1.11 bits per heavy atom. The molecule has 2 heterocycles. The Bertz CT molecular complexity index is 978. The molecule has 0 fully saturated rings. The Balaban J connectivity index is 1.66. The van der Waals surface area contributed by atoms with Gasteiger partial charge in [-0.05, 0) is 56.9 Å². The van der Waals surface area contributed by atoms with Crippen LogP contribution in [0, 0.1) is 0 Å². The molecule has 138 valence electrons. The number of nitrogens with zero attached hydrogens (tertiary/aromatic N) is 3. The first-order chi connectivity index (χ1) is 13.2. The predicted octanol–water partition coefficient (Wildman–Crippen LogP) is 4.22. The van der Waals surface area contributed by atoms with Gasteiger partial charge in [-0.25, -0.2) is 4.98 Å². The third-order valence-corrected chi connectivity index (χ3v) is 5.24. The molecule has 0 bridgehead atoms. The van der Waals surface area contributed by atoms with Crippen LogP contribution in [-0.4, -0.2) is 29.0 Å². The van der Waals surface area contributed by atoms with E-state index in [1.165, 1.54) is 0 Å². The Morgan fingerprint density at radius 2 is 1.93 bits per heavy atom. The number of amides is 1. The zero-order valence-electron chi connectivity index (χ0n) is 15.8. The van der Waals surface area contributed by atoms with Crippen molar-refractivity contribution in [2.75, 3.05) is 23.3 Å². The van der Waals surface area contributed by atoms with Gasteiger partial charge in [0.2, 0.25) is 0 Å². The highest BCUT2D eigenvalue weighted by molar-refractivity contribution is 6.13. The molecule has 2 aromatic heterocycles. The number of pyridine rings is 2. The molecule has 0 saturated carbocycles. The molecule has 0 aliphatic heterocycles. The Hall–Kier alpha value is -2.95. The van der Waals surface area contributed by atoms with E-state index in [0.717, 1.165) is 65.9 Å². The largest absolute Gasteiger partial charge is 0.357 e. The van der Waals surface area contributed by atoms with E-state index >= 15 is 0 Å². The molecule has 5 heteroatoms. The van der Waals surface area contributed by atoms with E-state index in [4.69, 9.17) is 4.98 Å². The standard InChI is InChI=1S/C22H24N4O/c1-3-26(4-2)20-13-12-15(14-23-20)24-22(27)21-16-8-5-6-10-18(16)25-19-11-7-9-17(19)21/h5-6,8,10,12-14H,3-4,7,9,11H2,1-2H3,(H,24,27). The molecule has 4 rings (SSSR count). The van der Waals surface area contributed by atoms with Gasteiger partial charge in [-0.3, -0.25) is 9.78 Å². The maximum absolute atomic E-state index is 13.1. The van der Waals surface area contributed by atoms with Gasteiger partial charge in [-0.15, -0.1) is 0 Å². The fraction of sp³-hybridized carbons (Fsp3) is 0.318. The van der Waals surface area contributed by atoms with Crippen LogP contribution >= 0.6 is 0 Å². The van der Waals surface area contributed by atoms with Crippen LogP contribution in [0.1, 0.15) is 41.9 Å². The Morgan fingerprint density at radius 3 is 2.67 bits per heavy atom. The van der Waals surface area contributed by atoms with Gasteiger partial charge < -0.3 is 10.2 Å². The minimum Gasteiger partial charge on any atom is -0.357 e. The molecule has 0 unspecified atom stereocenters. The monoisotopic (exact) mass is 360 g/mol. The number of hydrogen-bond acceptors (Lipinski definition) is 4. The van der Waals surface area contributed by atoms with Crippen molar-refractivity contribution in [1.82, 2.24) is 9.97 Å². The molecule has 0 spiro atoms. The number of aryl methyl sites for hydroxylation is 1. The first-order valence-electron chi connectivity index (χ1n) is 9.64. The zero-order chi connectivity index (χ0) is 18.8. The number of para-hydroxylation sites is 1. The lowest BCUT2D eigenvalue weighted by Crippen LogP contribution is -2.23. The number of nitrogens with one attached hydrogen (secondary N) is 1. The summed E-state index contributed by atoms with van der Waals surface area (Å²) in [6, 6.07) is 11.8. The van der Waals surface area contributed by atoms with E-state index < -0.39 is 0 Å². The van der Waals surface area contributed by atoms with Crippen LogP contribution in [0.3, 0.4) is 0 Å². The first kappa shape index (κ1) is 17.5. The summed E-state index contributed by atoms with van der Waals surface area (Å²) in [6.45, 7) is 6.03. The van der Waals surface area contributed by atoms with Gasteiger partial charge in [0.05, 0.1) is 23.0 Å². The lowest BCUT2D eigenvalue weighted by atomic mass is 10.0. The second-order valence-corrected chi connectivity index (χ2v) is 6.81. The molecule has 1 aromatic carbocycles. The molecular weight excluding hydrogens is 336 g/mol. The van der Waals surface area contributed by atoms with Crippen LogP contribution in [0.25, 0.3) is 10.9 Å². The van der Waals surface area contributed by atoms with Crippen LogP contribution in [0.2, 0.25) is 0 Å². The van der Waals surface area contributed by atoms with E-state index in [1.54, 1.807) is 6.20 Å². The molecule has 1 amide bonds. The Labute approximate surface area is 159 Å². The molecule has 27 heavy (non-hydrogen) atoms. The third-order valence-electron chi connectivity index (χ3n) is 5.24. The molecule has 0 saturated heterocycles. The smallest absolute Gasteiger partial charge is 0.256 e. The summed E-state index contributed by atoms with van der Waals surface area (Å²) in [4.78, 5) is 24.6. The molecule has 1 aliphatic rings. The summed E-state index contributed by atoms with van der Waals surface area (Å²) in [5.74, 6) is 0.845. The maximum atomic E-state index is 13.1. The first-order valence-corrected chi connectivity index (χ1v) is 9.64. The van der Waals surface area contributed by atoms with Gasteiger partial charge in [0.25, 0.3) is 5.91 Å². The average molecular weight is 360 g/mol. The highest BCUT2D eigenvalue weighted by atomic mass is 16.1. The molecule has 0 radical (unpaired) electrons. The Kier molecular flexibility index (Phi) is 4.75. The summed E-state index contributed by atoms with van der Waals surface area (Å²) in [5.41, 5.74) is 4.52. The second-order valence-electron chi connectivity index (χ2n) is 6.81.